The number of hydrogen-bond acceptors (Lipinski definition) is 3. The molecule has 5 rings (SSSR count). The summed E-state index contributed by atoms with van der Waals surface area (Å²) in [5, 5.41) is 20.9. The van der Waals surface area contributed by atoms with Gasteiger partial charge < -0.3 is 10.2 Å². The van der Waals surface area contributed by atoms with Gasteiger partial charge in [0, 0.05) is 5.92 Å². The van der Waals surface area contributed by atoms with E-state index in [-0.39, 0.29) is 50.8 Å². The standard InChI is InChI=1S/C30H46O4/c1-25(2)21-8-11-30(7)23(28(21,5)10-9-22(25)32)20(31)16-18-19-17-27(4,24(33)34)13-12-26(19,3)14-15-29(18,30)6/h16,19,21-23,32H,8-15,17H2,1-7H3,(H,33,34)/t19-,21?,22-,23?,26+,27-,28-,29-,30+/m0/s1. The third-order valence-corrected chi connectivity index (χ3v) is 13.1. The third-order valence-electron chi connectivity index (χ3n) is 13.1. The van der Waals surface area contributed by atoms with Gasteiger partial charge in [0.15, 0.2) is 5.78 Å². The highest BCUT2D eigenvalue weighted by Gasteiger charge is 2.70. The first kappa shape index (κ1) is 24.5. The van der Waals surface area contributed by atoms with E-state index >= 15 is 0 Å². The molecule has 2 N–H and O–H groups in total. The highest BCUT2D eigenvalue weighted by atomic mass is 16.4. The number of aliphatic carboxylic acids is 1. The Kier molecular flexibility index (Phi) is 5.04. The van der Waals surface area contributed by atoms with E-state index in [4.69, 9.17) is 0 Å². The number of allylic oxidation sites excluding steroid dienone is 2. The molecule has 4 nitrogen and oxygen atoms in total. The predicted molar refractivity (Wildman–Crippen MR) is 133 cm³/mol. The van der Waals surface area contributed by atoms with Crippen LogP contribution in [0.25, 0.3) is 0 Å². The molecular weight excluding hydrogens is 424 g/mol. The van der Waals surface area contributed by atoms with Crippen LogP contribution in [-0.4, -0.2) is 28.1 Å². The zero-order valence-corrected chi connectivity index (χ0v) is 22.5. The van der Waals surface area contributed by atoms with Crippen LogP contribution in [0.3, 0.4) is 0 Å². The van der Waals surface area contributed by atoms with Crippen LogP contribution in [0.2, 0.25) is 0 Å². The van der Waals surface area contributed by atoms with Gasteiger partial charge in [-0.1, -0.05) is 47.1 Å². The van der Waals surface area contributed by atoms with Gasteiger partial charge in [-0.3, -0.25) is 9.59 Å². The number of aliphatic hydroxyl groups is 1. The zero-order chi connectivity index (χ0) is 25.1. The summed E-state index contributed by atoms with van der Waals surface area (Å²) in [6.07, 6.45) is 9.95. The van der Waals surface area contributed by atoms with Gasteiger partial charge in [0.1, 0.15) is 0 Å². The van der Waals surface area contributed by atoms with E-state index < -0.39 is 11.4 Å². The molecule has 2 unspecified atom stereocenters. The van der Waals surface area contributed by atoms with Crippen molar-refractivity contribution in [3.63, 3.8) is 0 Å². The molecule has 4 saturated carbocycles. The summed E-state index contributed by atoms with van der Waals surface area (Å²) in [4.78, 5) is 26.4. The Morgan fingerprint density at radius 3 is 2.21 bits per heavy atom. The van der Waals surface area contributed by atoms with Crippen LogP contribution < -0.4 is 0 Å². The quantitative estimate of drug-likeness (QED) is 0.464. The first-order valence-electron chi connectivity index (χ1n) is 13.7. The predicted octanol–water partition coefficient (Wildman–Crippen LogP) is 6.41. The molecule has 190 valence electrons. The number of carbonyl (C=O) groups is 2. The fourth-order valence-electron chi connectivity index (χ4n) is 10.4. The van der Waals surface area contributed by atoms with Gasteiger partial charge in [0.05, 0.1) is 11.5 Å². The number of fused-ring (bicyclic) bond motifs is 7. The molecule has 0 aromatic carbocycles. The first-order chi connectivity index (χ1) is 15.6. The maximum atomic E-state index is 14.2. The first-order valence-corrected chi connectivity index (χ1v) is 13.7. The molecule has 0 saturated heterocycles. The number of carboxylic acid groups (broad SMARTS) is 1. The van der Waals surface area contributed by atoms with Crippen LogP contribution in [0, 0.1) is 50.2 Å². The van der Waals surface area contributed by atoms with E-state index in [9.17, 15) is 19.8 Å². The summed E-state index contributed by atoms with van der Waals surface area (Å²) in [7, 11) is 0. The van der Waals surface area contributed by atoms with Crippen molar-refractivity contribution in [1.29, 1.82) is 0 Å². The Morgan fingerprint density at radius 1 is 0.912 bits per heavy atom. The number of rotatable bonds is 1. The van der Waals surface area contributed by atoms with E-state index in [1.54, 1.807) is 0 Å². The van der Waals surface area contributed by atoms with Crippen molar-refractivity contribution in [3.05, 3.63) is 11.6 Å². The van der Waals surface area contributed by atoms with Crippen molar-refractivity contribution in [2.24, 2.45) is 50.2 Å². The average Bonchev–Trinajstić information content (AvgIpc) is 2.73. The molecule has 0 aromatic rings. The van der Waals surface area contributed by atoms with E-state index in [2.05, 4.69) is 41.5 Å². The second kappa shape index (κ2) is 6.99. The summed E-state index contributed by atoms with van der Waals surface area (Å²) in [6.45, 7) is 15.8. The van der Waals surface area contributed by atoms with Crippen molar-refractivity contribution in [1.82, 2.24) is 0 Å². The van der Waals surface area contributed by atoms with Crippen molar-refractivity contribution in [3.8, 4) is 0 Å². The molecule has 0 heterocycles. The van der Waals surface area contributed by atoms with Crippen LogP contribution >= 0.6 is 0 Å². The van der Waals surface area contributed by atoms with Crippen molar-refractivity contribution < 1.29 is 19.8 Å². The van der Waals surface area contributed by atoms with E-state index in [1.165, 1.54) is 5.57 Å². The molecule has 34 heavy (non-hydrogen) atoms. The molecule has 0 aliphatic heterocycles. The van der Waals surface area contributed by atoms with Crippen molar-refractivity contribution in [2.45, 2.75) is 112 Å². The van der Waals surface area contributed by atoms with Crippen molar-refractivity contribution in [2.75, 3.05) is 0 Å². The smallest absolute Gasteiger partial charge is 0.309 e. The minimum Gasteiger partial charge on any atom is -0.481 e. The lowest BCUT2D eigenvalue weighted by Crippen LogP contribution is -2.66. The van der Waals surface area contributed by atoms with Crippen LogP contribution in [0.15, 0.2) is 11.6 Å². The number of hydrogen-bond donors (Lipinski definition) is 2. The van der Waals surface area contributed by atoms with E-state index in [0.29, 0.717) is 12.3 Å². The molecule has 4 fully saturated rings. The van der Waals surface area contributed by atoms with E-state index in [0.717, 1.165) is 51.4 Å². The molecule has 0 amide bonds. The Balaban J connectivity index is 1.62. The summed E-state index contributed by atoms with van der Waals surface area (Å²) in [6, 6.07) is 0. The van der Waals surface area contributed by atoms with Gasteiger partial charge in [-0.15, -0.1) is 0 Å². The minimum absolute atomic E-state index is 0.0296. The Bertz CT molecular complexity index is 965. The van der Waals surface area contributed by atoms with Gasteiger partial charge in [-0.25, -0.2) is 0 Å². The largest absolute Gasteiger partial charge is 0.481 e. The summed E-state index contributed by atoms with van der Waals surface area (Å²) >= 11 is 0. The van der Waals surface area contributed by atoms with Crippen LogP contribution in [0.5, 0.6) is 0 Å². The minimum atomic E-state index is -0.711. The Morgan fingerprint density at radius 2 is 1.56 bits per heavy atom. The molecular formula is C30H46O4. The van der Waals surface area contributed by atoms with Crippen molar-refractivity contribution >= 4 is 11.8 Å². The number of aliphatic hydroxyl groups excluding tert-OH is 1. The Labute approximate surface area is 206 Å². The maximum Gasteiger partial charge on any atom is 0.309 e. The van der Waals surface area contributed by atoms with Gasteiger partial charge in [-0.2, -0.15) is 0 Å². The average molecular weight is 471 g/mol. The molecule has 4 heteroatoms. The van der Waals surface area contributed by atoms with Gasteiger partial charge in [-0.05, 0) is 110 Å². The van der Waals surface area contributed by atoms with Crippen LogP contribution in [-0.2, 0) is 9.59 Å². The third kappa shape index (κ3) is 2.81. The van der Waals surface area contributed by atoms with Gasteiger partial charge >= 0.3 is 5.97 Å². The fraction of sp³-hybridized carbons (Fsp3) is 0.867. The maximum absolute atomic E-state index is 14.2. The highest BCUT2D eigenvalue weighted by Crippen LogP contribution is 2.75. The van der Waals surface area contributed by atoms with E-state index in [1.807, 2.05) is 13.0 Å². The molecule has 0 bridgehead atoms. The number of carbonyl (C=O) groups excluding carboxylic acids is 1. The highest BCUT2D eigenvalue weighted by molar-refractivity contribution is 5.95. The second-order valence-corrected chi connectivity index (χ2v) is 14.9. The van der Waals surface area contributed by atoms with Crippen LogP contribution in [0.1, 0.15) is 106 Å². The lowest BCUT2D eigenvalue weighted by Gasteiger charge is -2.70. The zero-order valence-electron chi connectivity index (χ0n) is 22.5. The molecule has 5 aliphatic rings. The summed E-state index contributed by atoms with van der Waals surface area (Å²) < 4.78 is 0. The number of carboxylic acids is 1. The topological polar surface area (TPSA) is 74.6 Å². The molecule has 0 spiro atoms. The Hall–Kier alpha value is -1.16. The number of ketones is 1. The van der Waals surface area contributed by atoms with Crippen LogP contribution in [0.4, 0.5) is 0 Å². The summed E-state index contributed by atoms with van der Waals surface area (Å²) in [5.74, 6) is 0.0603. The SMILES string of the molecule is CC1(C)C2CC[C@]3(C)C(C(=O)C=C4[C@@H]5C[C@@](C)(C(=O)O)CC[C@]5(C)CC[C@@]43C)[C@@]2(C)CC[C@@H]1O. The molecule has 5 aliphatic carbocycles. The lowest BCUT2D eigenvalue weighted by atomic mass is 9.33. The second-order valence-electron chi connectivity index (χ2n) is 14.9. The molecule has 0 radical (unpaired) electrons. The fourth-order valence-corrected chi connectivity index (χ4v) is 10.4. The van der Waals surface area contributed by atoms with Gasteiger partial charge in [0.2, 0.25) is 0 Å². The lowest BCUT2D eigenvalue weighted by molar-refractivity contribution is -0.202. The van der Waals surface area contributed by atoms with Gasteiger partial charge in [0.25, 0.3) is 0 Å². The molecule has 0 aromatic heterocycles. The summed E-state index contributed by atoms with van der Waals surface area (Å²) in [5.41, 5.74) is 0.142. The normalized spacial score (nSPS) is 54.1. The monoisotopic (exact) mass is 470 g/mol. The molecule has 9 atom stereocenters.